The number of carboxylic acids is 2. The average Bonchev–Trinajstić information content (AvgIpc) is 3.31. The molecule has 0 bridgehead atoms. The fourth-order valence-corrected chi connectivity index (χ4v) is 9.12. The monoisotopic (exact) mass is 918 g/mol. The number of aliphatic carboxylic acids is 2. The van der Waals surface area contributed by atoms with Crippen molar-refractivity contribution in [2.75, 3.05) is 79.1 Å². The maximum Gasteiger partial charge on any atom is 0.317 e. The van der Waals surface area contributed by atoms with Crippen molar-refractivity contribution in [1.29, 1.82) is 0 Å². The van der Waals surface area contributed by atoms with Crippen LogP contribution in [-0.2, 0) is 39.7 Å². The SMILES string of the molecule is CCCCCCCCCCCCCCCCCCOCC(COCCOCCOCCN(CC(=O)O)CC(=O)O)OCCCCCCCCCc1ccc2ccc3cccc4ccc1c2c34. The molecule has 0 radical (unpaired) electrons. The summed E-state index contributed by atoms with van der Waals surface area (Å²) in [5.41, 5.74) is 1.47. The van der Waals surface area contributed by atoms with E-state index in [4.69, 9.17) is 33.9 Å². The summed E-state index contributed by atoms with van der Waals surface area (Å²) in [6, 6.07) is 20.4. The summed E-state index contributed by atoms with van der Waals surface area (Å²) in [7, 11) is 0. The lowest BCUT2D eigenvalue weighted by Crippen LogP contribution is -2.37. The predicted molar refractivity (Wildman–Crippen MR) is 270 cm³/mol. The van der Waals surface area contributed by atoms with Gasteiger partial charge in [0, 0.05) is 19.8 Å². The third kappa shape index (κ3) is 23.6. The first-order valence-corrected chi connectivity index (χ1v) is 26.2. The average molecular weight is 918 g/mol. The normalized spacial score (nSPS) is 12.4. The van der Waals surface area contributed by atoms with Crippen LogP contribution >= 0.6 is 0 Å². The first-order chi connectivity index (χ1) is 32.5. The van der Waals surface area contributed by atoms with E-state index in [1.165, 1.54) is 171 Å². The Kier molecular flexibility index (Phi) is 29.9. The van der Waals surface area contributed by atoms with Gasteiger partial charge < -0.3 is 33.9 Å². The number of ether oxygens (including phenoxy) is 5. The highest BCUT2D eigenvalue weighted by atomic mass is 16.6. The summed E-state index contributed by atoms with van der Waals surface area (Å²) in [4.78, 5) is 23.3. The number of carboxylic acid groups (broad SMARTS) is 2. The van der Waals surface area contributed by atoms with Gasteiger partial charge in [0.1, 0.15) is 6.10 Å². The number of hydrogen-bond donors (Lipinski definition) is 2. The summed E-state index contributed by atoms with van der Waals surface area (Å²) in [5.74, 6) is -2.14. The van der Waals surface area contributed by atoms with E-state index >= 15 is 0 Å². The summed E-state index contributed by atoms with van der Waals surface area (Å²) in [5, 5.41) is 26.2. The van der Waals surface area contributed by atoms with Crippen LogP contribution in [-0.4, -0.2) is 112 Å². The van der Waals surface area contributed by atoms with Crippen LogP contribution in [0.3, 0.4) is 0 Å². The Morgan fingerprint density at radius 3 is 1.47 bits per heavy atom. The number of carbonyl (C=O) groups is 2. The van der Waals surface area contributed by atoms with Crippen LogP contribution < -0.4 is 0 Å². The fraction of sp³-hybridized carbons (Fsp3) is 0.679. The second-order valence-electron chi connectivity index (χ2n) is 18.5. The molecular weight excluding hydrogens is 831 g/mol. The Morgan fingerprint density at radius 1 is 0.470 bits per heavy atom. The Balaban J connectivity index is 1.03. The predicted octanol–water partition coefficient (Wildman–Crippen LogP) is 13.0. The maximum atomic E-state index is 11.0. The van der Waals surface area contributed by atoms with E-state index < -0.39 is 11.9 Å². The highest BCUT2D eigenvalue weighted by molar-refractivity contribution is 6.23. The molecule has 4 rings (SSSR count). The van der Waals surface area contributed by atoms with Crippen LogP contribution in [0.15, 0.2) is 54.6 Å². The van der Waals surface area contributed by atoms with E-state index in [-0.39, 0.29) is 32.3 Å². The highest BCUT2D eigenvalue weighted by Gasteiger charge is 2.14. The topological polar surface area (TPSA) is 124 Å². The minimum Gasteiger partial charge on any atom is -0.480 e. The molecule has 0 aliphatic heterocycles. The van der Waals surface area contributed by atoms with Crippen molar-refractivity contribution in [3.05, 3.63) is 60.2 Å². The molecule has 0 saturated carbocycles. The summed E-state index contributed by atoms with van der Waals surface area (Å²) in [6.45, 7) is 6.02. The van der Waals surface area contributed by atoms with E-state index in [1.54, 1.807) is 0 Å². The second kappa shape index (κ2) is 35.7. The van der Waals surface area contributed by atoms with Gasteiger partial charge in [-0.05, 0) is 63.6 Å². The van der Waals surface area contributed by atoms with Gasteiger partial charge in [-0.3, -0.25) is 14.5 Å². The maximum absolute atomic E-state index is 11.0. The van der Waals surface area contributed by atoms with Crippen LogP contribution in [0.4, 0.5) is 0 Å². The minimum atomic E-state index is -1.07. The van der Waals surface area contributed by atoms with Crippen molar-refractivity contribution >= 4 is 44.3 Å². The molecule has 0 spiro atoms. The third-order valence-corrected chi connectivity index (χ3v) is 12.8. The zero-order valence-electron chi connectivity index (χ0n) is 40.9. The molecule has 10 heteroatoms. The minimum absolute atomic E-state index is 0.117. The van der Waals surface area contributed by atoms with Crippen LogP contribution in [0.25, 0.3) is 32.3 Å². The number of aryl methyl sites for hydroxylation is 1. The lowest BCUT2D eigenvalue weighted by molar-refractivity contribution is -0.142. The molecule has 66 heavy (non-hydrogen) atoms. The molecule has 1 unspecified atom stereocenters. The molecule has 4 aromatic carbocycles. The van der Waals surface area contributed by atoms with Crippen LogP contribution in [0.2, 0.25) is 0 Å². The molecule has 0 fully saturated rings. The lowest BCUT2D eigenvalue weighted by atomic mass is 9.90. The van der Waals surface area contributed by atoms with Gasteiger partial charge in [0.25, 0.3) is 0 Å². The van der Waals surface area contributed by atoms with E-state index in [0.29, 0.717) is 46.2 Å². The summed E-state index contributed by atoms with van der Waals surface area (Å²) < 4.78 is 29.5. The molecule has 0 saturated heterocycles. The van der Waals surface area contributed by atoms with Gasteiger partial charge in [0.05, 0.1) is 59.3 Å². The van der Waals surface area contributed by atoms with Crippen molar-refractivity contribution in [1.82, 2.24) is 4.90 Å². The Bertz CT molecular complexity index is 1800. The van der Waals surface area contributed by atoms with Crippen molar-refractivity contribution in [2.45, 2.75) is 167 Å². The Morgan fingerprint density at radius 2 is 0.909 bits per heavy atom. The Labute approximate surface area is 397 Å². The van der Waals surface area contributed by atoms with E-state index in [0.717, 1.165) is 32.3 Å². The summed E-state index contributed by atoms with van der Waals surface area (Å²) >= 11 is 0. The van der Waals surface area contributed by atoms with Gasteiger partial charge in [-0.1, -0.05) is 190 Å². The molecule has 2 N–H and O–H groups in total. The molecule has 1 atom stereocenters. The van der Waals surface area contributed by atoms with E-state index in [1.807, 2.05) is 0 Å². The number of hydrogen-bond acceptors (Lipinski definition) is 8. The van der Waals surface area contributed by atoms with Crippen LogP contribution in [0.5, 0.6) is 0 Å². The number of unbranched alkanes of at least 4 members (excludes halogenated alkanes) is 21. The molecule has 0 aliphatic rings. The molecule has 0 amide bonds. The van der Waals surface area contributed by atoms with Crippen LogP contribution in [0.1, 0.15) is 160 Å². The van der Waals surface area contributed by atoms with Crippen molar-refractivity contribution in [3.63, 3.8) is 0 Å². The van der Waals surface area contributed by atoms with Gasteiger partial charge in [-0.2, -0.15) is 0 Å². The molecule has 370 valence electrons. The molecule has 4 aromatic rings. The van der Waals surface area contributed by atoms with Gasteiger partial charge >= 0.3 is 11.9 Å². The standard InChI is InChI=1S/C56H87NO9/c1-2-3-4-5-6-7-8-9-10-11-12-13-14-17-20-23-36-64-45-51(46-65-42-41-63-40-39-62-38-35-57(43-53(58)59)44-54(60)61)66-37-24-21-18-15-16-19-22-26-47-29-30-50-32-31-48-27-25-28-49-33-34-52(47)56(50)55(48)49/h25,27-34,51H,2-24,26,35-46H2,1H3,(H,58,59)(H,60,61). The smallest absolute Gasteiger partial charge is 0.317 e. The van der Waals surface area contributed by atoms with E-state index in [2.05, 4.69) is 61.5 Å². The summed E-state index contributed by atoms with van der Waals surface area (Å²) in [6.07, 6.45) is 31.1. The van der Waals surface area contributed by atoms with Crippen LogP contribution in [0, 0.1) is 0 Å². The van der Waals surface area contributed by atoms with Crippen molar-refractivity contribution in [3.8, 4) is 0 Å². The zero-order valence-corrected chi connectivity index (χ0v) is 40.9. The van der Waals surface area contributed by atoms with E-state index in [9.17, 15) is 9.59 Å². The first-order valence-electron chi connectivity index (χ1n) is 26.2. The molecule has 0 aromatic heterocycles. The first kappa shape index (κ1) is 55.2. The Hall–Kier alpha value is -3.38. The lowest BCUT2D eigenvalue weighted by Gasteiger charge is -2.19. The quantitative estimate of drug-likeness (QED) is 0.0327. The highest BCUT2D eigenvalue weighted by Crippen LogP contribution is 2.36. The third-order valence-electron chi connectivity index (χ3n) is 12.8. The molecule has 0 aliphatic carbocycles. The molecular formula is C56H87NO9. The van der Waals surface area contributed by atoms with Gasteiger partial charge in [-0.15, -0.1) is 0 Å². The zero-order chi connectivity index (χ0) is 46.7. The van der Waals surface area contributed by atoms with Gasteiger partial charge in [-0.25, -0.2) is 0 Å². The van der Waals surface area contributed by atoms with Crippen molar-refractivity contribution in [2.24, 2.45) is 0 Å². The number of benzene rings is 4. The number of rotatable bonds is 45. The number of nitrogens with zero attached hydrogens (tertiary/aromatic N) is 1. The van der Waals surface area contributed by atoms with Crippen molar-refractivity contribution < 1.29 is 43.5 Å². The van der Waals surface area contributed by atoms with Gasteiger partial charge in [0.2, 0.25) is 0 Å². The molecule has 0 heterocycles. The largest absolute Gasteiger partial charge is 0.480 e. The fourth-order valence-electron chi connectivity index (χ4n) is 9.12. The second-order valence-corrected chi connectivity index (χ2v) is 18.5. The molecule has 10 nitrogen and oxygen atoms in total. The van der Waals surface area contributed by atoms with Gasteiger partial charge in [0.15, 0.2) is 0 Å².